The Kier molecular flexibility index (Phi) is 7.69. The lowest BCUT2D eigenvalue weighted by Gasteiger charge is -2.21. The van der Waals surface area contributed by atoms with Gasteiger partial charge in [0.25, 0.3) is 5.91 Å². The van der Waals surface area contributed by atoms with Crippen molar-refractivity contribution in [3.63, 3.8) is 0 Å². The summed E-state index contributed by atoms with van der Waals surface area (Å²) in [6, 6.07) is 4.78. The Morgan fingerprint density at radius 1 is 1.35 bits per heavy atom. The molecule has 0 saturated carbocycles. The molecule has 1 aromatic carbocycles. The van der Waals surface area contributed by atoms with E-state index in [1.54, 1.807) is 25.3 Å². The number of rotatable bonds is 8. The first-order valence-corrected chi connectivity index (χ1v) is 6.79. The average molecular weight is 322 g/mol. The Balaban J connectivity index is 2.57. The first-order chi connectivity index (χ1) is 9.58. The number of amides is 1. The smallest absolute Gasteiger partial charge is 0.260 e. The summed E-state index contributed by atoms with van der Waals surface area (Å²) in [5, 5.41) is 9.79. The fraction of sp³-hybridized carbons (Fsp3) is 0.462. The maximum Gasteiger partial charge on any atom is 0.260 e. The van der Waals surface area contributed by atoms with Gasteiger partial charge in [0.15, 0.2) is 6.61 Å². The molecule has 0 atom stereocenters. The van der Waals surface area contributed by atoms with Gasteiger partial charge in [0.05, 0.1) is 18.2 Å². The van der Waals surface area contributed by atoms with Crippen LogP contribution >= 0.6 is 23.2 Å². The molecule has 0 spiro atoms. The summed E-state index contributed by atoms with van der Waals surface area (Å²) >= 11 is 11.8. The van der Waals surface area contributed by atoms with Crippen molar-refractivity contribution in [3.8, 4) is 5.75 Å². The molecule has 0 aromatic heterocycles. The predicted octanol–water partition coefficient (Wildman–Crippen LogP) is 1.84. The van der Waals surface area contributed by atoms with Gasteiger partial charge in [-0.05, 0) is 12.1 Å². The van der Waals surface area contributed by atoms with E-state index in [-0.39, 0.29) is 25.7 Å². The Morgan fingerprint density at radius 3 is 2.75 bits per heavy atom. The second-order valence-electron chi connectivity index (χ2n) is 3.96. The molecule has 0 aliphatic heterocycles. The third kappa shape index (κ3) is 5.54. The van der Waals surface area contributed by atoms with Crippen LogP contribution < -0.4 is 4.74 Å². The molecule has 20 heavy (non-hydrogen) atoms. The molecule has 1 amide bonds. The summed E-state index contributed by atoms with van der Waals surface area (Å²) in [4.78, 5) is 13.4. The van der Waals surface area contributed by atoms with Gasteiger partial charge in [-0.1, -0.05) is 23.2 Å². The van der Waals surface area contributed by atoms with Crippen LogP contribution in [0.4, 0.5) is 0 Å². The van der Waals surface area contributed by atoms with Crippen molar-refractivity contribution in [2.75, 3.05) is 40.0 Å². The number of benzene rings is 1. The number of aliphatic hydroxyl groups is 1. The molecule has 0 radical (unpaired) electrons. The van der Waals surface area contributed by atoms with Crippen molar-refractivity contribution in [2.45, 2.75) is 0 Å². The zero-order valence-corrected chi connectivity index (χ0v) is 12.7. The maximum atomic E-state index is 12.0. The number of ether oxygens (including phenoxy) is 2. The van der Waals surface area contributed by atoms with E-state index < -0.39 is 0 Å². The topological polar surface area (TPSA) is 59.0 Å². The highest BCUT2D eigenvalue weighted by Crippen LogP contribution is 2.27. The molecule has 0 heterocycles. The van der Waals surface area contributed by atoms with Crippen molar-refractivity contribution >= 4 is 29.1 Å². The van der Waals surface area contributed by atoms with Gasteiger partial charge in [0.1, 0.15) is 5.75 Å². The number of hydrogen-bond donors (Lipinski definition) is 1. The van der Waals surface area contributed by atoms with Gasteiger partial charge in [0, 0.05) is 31.3 Å². The normalized spacial score (nSPS) is 10.4. The Hall–Kier alpha value is -1.01. The molecule has 1 rings (SSSR count). The number of hydrogen-bond acceptors (Lipinski definition) is 4. The molecule has 0 fully saturated rings. The molecule has 112 valence electrons. The van der Waals surface area contributed by atoms with Gasteiger partial charge in [-0.3, -0.25) is 4.79 Å². The summed E-state index contributed by atoms with van der Waals surface area (Å²) < 4.78 is 10.3. The lowest BCUT2D eigenvalue weighted by Crippen LogP contribution is -2.39. The Bertz CT molecular complexity index is 442. The van der Waals surface area contributed by atoms with Crippen molar-refractivity contribution in [3.05, 3.63) is 28.2 Å². The van der Waals surface area contributed by atoms with E-state index in [0.717, 1.165) is 0 Å². The fourth-order valence-corrected chi connectivity index (χ4v) is 1.84. The van der Waals surface area contributed by atoms with Gasteiger partial charge in [-0.15, -0.1) is 0 Å². The van der Waals surface area contributed by atoms with Crippen LogP contribution in [0.2, 0.25) is 10.0 Å². The highest BCUT2D eigenvalue weighted by molar-refractivity contribution is 6.34. The van der Waals surface area contributed by atoms with Gasteiger partial charge in [-0.25, -0.2) is 0 Å². The highest BCUT2D eigenvalue weighted by atomic mass is 35.5. The summed E-state index contributed by atoms with van der Waals surface area (Å²) in [7, 11) is 1.55. The molecule has 0 bridgehead atoms. The van der Waals surface area contributed by atoms with E-state index in [9.17, 15) is 4.79 Å². The third-order valence-corrected chi connectivity index (χ3v) is 3.08. The number of carbonyl (C=O) groups is 1. The zero-order chi connectivity index (χ0) is 15.0. The van der Waals surface area contributed by atoms with Crippen LogP contribution in [0.1, 0.15) is 0 Å². The fourth-order valence-electron chi connectivity index (χ4n) is 1.50. The first kappa shape index (κ1) is 17.0. The molecular weight excluding hydrogens is 305 g/mol. The van der Waals surface area contributed by atoms with Crippen molar-refractivity contribution in [2.24, 2.45) is 0 Å². The predicted molar refractivity (Wildman–Crippen MR) is 77.5 cm³/mol. The zero-order valence-electron chi connectivity index (χ0n) is 11.1. The van der Waals surface area contributed by atoms with Crippen LogP contribution in [0.15, 0.2) is 18.2 Å². The van der Waals surface area contributed by atoms with Crippen molar-refractivity contribution < 1.29 is 19.4 Å². The van der Waals surface area contributed by atoms with Crippen LogP contribution in [0.3, 0.4) is 0 Å². The van der Waals surface area contributed by atoms with Gasteiger partial charge in [0.2, 0.25) is 0 Å². The maximum absolute atomic E-state index is 12.0. The minimum atomic E-state index is -0.257. The van der Waals surface area contributed by atoms with Crippen molar-refractivity contribution in [1.29, 1.82) is 0 Å². The van der Waals surface area contributed by atoms with Crippen LogP contribution in [-0.2, 0) is 9.53 Å². The first-order valence-electron chi connectivity index (χ1n) is 6.04. The lowest BCUT2D eigenvalue weighted by atomic mass is 10.3. The molecule has 5 nitrogen and oxygen atoms in total. The minimum Gasteiger partial charge on any atom is -0.482 e. The number of halogens is 2. The van der Waals surface area contributed by atoms with E-state index in [4.69, 9.17) is 37.8 Å². The van der Waals surface area contributed by atoms with Gasteiger partial charge < -0.3 is 19.5 Å². The van der Waals surface area contributed by atoms with E-state index in [0.29, 0.717) is 28.9 Å². The minimum absolute atomic E-state index is 0.118. The quantitative estimate of drug-likeness (QED) is 0.793. The number of carbonyl (C=O) groups excluding carboxylic acids is 1. The molecule has 0 unspecified atom stereocenters. The summed E-state index contributed by atoms with van der Waals surface area (Å²) in [6.45, 7) is 0.720. The number of aliphatic hydroxyl groups excluding tert-OH is 1. The third-order valence-electron chi connectivity index (χ3n) is 2.53. The molecular formula is C13H17Cl2NO4. The largest absolute Gasteiger partial charge is 0.482 e. The van der Waals surface area contributed by atoms with Crippen molar-refractivity contribution in [1.82, 2.24) is 4.90 Å². The summed E-state index contributed by atoms with van der Waals surface area (Å²) in [5.41, 5.74) is 0. The van der Waals surface area contributed by atoms with Crippen LogP contribution in [-0.4, -0.2) is 55.9 Å². The molecule has 0 saturated heterocycles. The molecule has 0 aliphatic carbocycles. The standard InChI is InChI=1S/C13H17Cl2NO4/c1-19-7-5-16(4-6-17)13(18)9-20-12-8-10(14)2-3-11(12)15/h2-3,8,17H,4-7,9H2,1H3. The molecule has 7 heteroatoms. The monoisotopic (exact) mass is 321 g/mol. The summed E-state index contributed by atoms with van der Waals surface area (Å²) in [6.07, 6.45) is 0. The van der Waals surface area contributed by atoms with E-state index >= 15 is 0 Å². The SMILES string of the molecule is COCCN(CCO)C(=O)COc1cc(Cl)ccc1Cl. The molecule has 1 N–H and O–H groups in total. The van der Waals surface area contributed by atoms with Gasteiger partial charge >= 0.3 is 0 Å². The Morgan fingerprint density at radius 2 is 2.10 bits per heavy atom. The van der Waals surface area contributed by atoms with Crippen LogP contribution in [0, 0.1) is 0 Å². The second-order valence-corrected chi connectivity index (χ2v) is 4.80. The van der Waals surface area contributed by atoms with Crippen LogP contribution in [0.5, 0.6) is 5.75 Å². The number of methoxy groups -OCH3 is 1. The molecule has 1 aromatic rings. The van der Waals surface area contributed by atoms with Gasteiger partial charge in [-0.2, -0.15) is 0 Å². The van der Waals surface area contributed by atoms with E-state index in [2.05, 4.69) is 0 Å². The van der Waals surface area contributed by atoms with E-state index in [1.807, 2.05) is 0 Å². The average Bonchev–Trinajstić information content (AvgIpc) is 2.44. The number of nitrogens with zero attached hydrogens (tertiary/aromatic N) is 1. The van der Waals surface area contributed by atoms with Crippen LogP contribution in [0.25, 0.3) is 0 Å². The van der Waals surface area contributed by atoms with E-state index in [1.165, 1.54) is 4.90 Å². The lowest BCUT2D eigenvalue weighted by molar-refractivity contribution is -0.134. The summed E-state index contributed by atoms with van der Waals surface area (Å²) in [5.74, 6) is 0.0929. The molecule has 0 aliphatic rings. The Labute approximate surface area is 128 Å². The highest BCUT2D eigenvalue weighted by Gasteiger charge is 2.14. The second kappa shape index (κ2) is 9.02.